The number of benzene rings is 1. The monoisotopic (exact) mass is 232 g/mol. The standard InChI is InChI=1S/C13H16N2O2/c1-2-3-6-15-11(8-14)10-4-5-12-13(7-10)17-9-16-12/h1,4-5,7,11,15H,3,6,8-9,14H2. The lowest BCUT2D eigenvalue weighted by Gasteiger charge is -2.16. The molecule has 0 fully saturated rings. The molecule has 0 radical (unpaired) electrons. The van der Waals surface area contributed by atoms with Crippen LogP contribution in [0.2, 0.25) is 0 Å². The summed E-state index contributed by atoms with van der Waals surface area (Å²) in [6.07, 6.45) is 5.91. The Bertz CT molecular complexity index is 426. The van der Waals surface area contributed by atoms with Crippen molar-refractivity contribution in [1.82, 2.24) is 5.32 Å². The lowest BCUT2D eigenvalue weighted by Crippen LogP contribution is -2.28. The molecule has 0 saturated heterocycles. The highest BCUT2D eigenvalue weighted by Gasteiger charge is 2.16. The van der Waals surface area contributed by atoms with Crippen molar-refractivity contribution in [2.24, 2.45) is 5.73 Å². The van der Waals surface area contributed by atoms with Crippen molar-refractivity contribution in [3.63, 3.8) is 0 Å². The molecule has 17 heavy (non-hydrogen) atoms. The van der Waals surface area contributed by atoms with E-state index in [0.717, 1.165) is 23.6 Å². The predicted octanol–water partition coefficient (Wildman–Crippen LogP) is 1.03. The summed E-state index contributed by atoms with van der Waals surface area (Å²) in [5.74, 6) is 4.16. The van der Waals surface area contributed by atoms with Crippen LogP contribution in [0.1, 0.15) is 18.0 Å². The molecule has 1 heterocycles. The fourth-order valence-electron chi connectivity index (χ4n) is 1.79. The lowest BCUT2D eigenvalue weighted by atomic mass is 10.1. The second kappa shape index (κ2) is 5.58. The third kappa shape index (κ3) is 2.70. The number of nitrogens with two attached hydrogens (primary N) is 1. The Morgan fingerprint density at radius 3 is 3.00 bits per heavy atom. The van der Waals surface area contributed by atoms with Crippen LogP contribution in [-0.4, -0.2) is 19.9 Å². The lowest BCUT2D eigenvalue weighted by molar-refractivity contribution is 0.174. The van der Waals surface area contributed by atoms with E-state index in [1.54, 1.807) is 0 Å². The van der Waals surface area contributed by atoms with Gasteiger partial charge in [0.1, 0.15) is 0 Å². The molecule has 4 nitrogen and oxygen atoms in total. The predicted molar refractivity (Wildman–Crippen MR) is 65.8 cm³/mol. The van der Waals surface area contributed by atoms with E-state index >= 15 is 0 Å². The largest absolute Gasteiger partial charge is 0.454 e. The third-order valence-electron chi connectivity index (χ3n) is 2.69. The number of terminal acetylenes is 1. The first-order valence-corrected chi connectivity index (χ1v) is 5.61. The molecule has 2 rings (SSSR count). The topological polar surface area (TPSA) is 56.5 Å². The van der Waals surface area contributed by atoms with Crippen molar-refractivity contribution in [3.8, 4) is 23.8 Å². The molecule has 1 aromatic carbocycles. The van der Waals surface area contributed by atoms with E-state index < -0.39 is 0 Å². The molecule has 4 heteroatoms. The van der Waals surface area contributed by atoms with Crippen molar-refractivity contribution in [1.29, 1.82) is 0 Å². The average molecular weight is 232 g/mol. The first kappa shape index (κ1) is 11.8. The minimum Gasteiger partial charge on any atom is -0.454 e. The van der Waals surface area contributed by atoms with E-state index in [1.807, 2.05) is 18.2 Å². The molecule has 90 valence electrons. The van der Waals surface area contributed by atoms with Gasteiger partial charge in [-0.25, -0.2) is 0 Å². The summed E-state index contributed by atoms with van der Waals surface area (Å²) in [6.45, 7) is 1.56. The second-order valence-corrected chi connectivity index (χ2v) is 3.81. The van der Waals surface area contributed by atoms with Gasteiger partial charge in [0.25, 0.3) is 0 Å². The zero-order chi connectivity index (χ0) is 12.1. The maximum absolute atomic E-state index is 5.75. The molecule has 0 spiro atoms. The Morgan fingerprint density at radius 2 is 2.24 bits per heavy atom. The Labute approximate surface area is 101 Å². The fourth-order valence-corrected chi connectivity index (χ4v) is 1.79. The fraction of sp³-hybridized carbons (Fsp3) is 0.385. The van der Waals surface area contributed by atoms with Gasteiger partial charge in [0, 0.05) is 25.6 Å². The maximum atomic E-state index is 5.75. The summed E-state index contributed by atoms with van der Waals surface area (Å²) in [4.78, 5) is 0. The van der Waals surface area contributed by atoms with Gasteiger partial charge < -0.3 is 20.5 Å². The zero-order valence-corrected chi connectivity index (χ0v) is 9.61. The Balaban J connectivity index is 2.06. The van der Waals surface area contributed by atoms with Gasteiger partial charge >= 0.3 is 0 Å². The van der Waals surface area contributed by atoms with Crippen LogP contribution in [0.3, 0.4) is 0 Å². The average Bonchev–Trinajstić information content (AvgIpc) is 2.82. The minimum absolute atomic E-state index is 0.0952. The summed E-state index contributed by atoms with van der Waals surface area (Å²) in [6, 6.07) is 5.96. The number of ether oxygens (including phenoxy) is 2. The number of hydrogen-bond donors (Lipinski definition) is 2. The van der Waals surface area contributed by atoms with Gasteiger partial charge in [-0.15, -0.1) is 12.3 Å². The Hall–Kier alpha value is -1.70. The van der Waals surface area contributed by atoms with Crippen LogP contribution >= 0.6 is 0 Å². The number of nitrogens with one attached hydrogen (secondary N) is 1. The Morgan fingerprint density at radius 1 is 1.41 bits per heavy atom. The SMILES string of the molecule is C#CCCNC(CN)c1ccc2c(c1)OCO2. The number of fused-ring (bicyclic) bond motifs is 1. The van der Waals surface area contributed by atoms with Crippen LogP contribution in [0.5, 0.6) is 11.5 Å². The van der Waals surface area contributed by atoms with E-state index in [0.29, 0.717) is 13.0 Å². The van der Waals surface area contributed by atoms with Gasteiger partial charge in [-0.05, 0) is 17.7 Å². The summed E-state index contributed by atoms with van der Waals surface area (Å²) >= 11 is 0. The van der Waals surface area contributed by atoms with Crippen LogP contribution in [0.15, 0.2) is 18.2 Å². The van der Waals surface area contributed by atoms with Gasteiger partial charge in [0.2, 0.25) is 6.79 Å². The van der Waals surface area contributed by atoms with Crippen molar-refractivity contribution < 1.29 is 9.47 Å². The third-order valence-corrected chi connectivity index (χ3v) is 2.69. The van der Waals surface area contributed by atoms with Gasteiger partial charge in [-0.2, -0.15) is 0 Å². The van der Waals surface area contributed by atoms with Crippen molar-refractivity contribution in [2.45, 2.75) is 12.5 Å². The molecule has 1 unspecified atom stereocenters. The molecule has 0 aliphatic carbocycles. The van der Waals surface area contributed by atoms with Gasteiger partial charge in [-0.1, -0.05) is 6.07 Å². The van der Waals surface area contributed by atoms with Crippen LogP contribution < -0.4 is 20.5 Å². The van der Waals surface area contributed by atoms with E-state index in [1.165, 1.54) is 0 Å². The number of hydrogen-bond acceptors (Lipinski definition) is 4. The van der Waals surface area contributed by atoms with Gasteiger partial charge in [-0.3, -0.25) is 0 Å². The highest BCUT2D eigenvalue weighted by atomic mass is 16.7. The van der Waals surface area contributed by atoms with Crippen molar-refractivity contribution in [3.05, 3.63) is 23.8 Å². The molecule has 0 bridgehead atoms. The summed E-state index contributed by atoms with van der Waals surface area (Å²) in [5, 5.41) is 3.31. The van der Waals surface area contributed by atoms with E-state index in [4.69, 9.17) is 21.6 Å². The first-order valence-electron chi connectivity index (χ1n) is 5.61. The first-order chi connectivity index (χ1) is 8.35. The highest BCUT2D eigenvalue weighted by Crippen LogP contribution is 2.33. The molecular weight excluding hydrogens is 216 g/mol. The molecule has 1 aliphatic heterocycles. The van der Waals surface area contributed by atoms with Gasteiger partial charge in [0.05, 0.1) is 0 Å². The van der Waals surface area contributed by atoms with Gasteiger partial charge in [0.15, 0.2) is 11.5 Å². The molecule has 3 N–H and O–H groups in total. The summed E-state index contributed by atoms with van der Waals surface area (Å²) in [5.41, 5.74) is 6.84. The molecule has 0 aromatic heterocycles. The zero-order valence-electron chi connectivity index (χ0n) is 9.61. The van der Waals surface area contributed by atoms with Crippen LogP contribution in [0, 0.1) is 12.3 Å². The quantitative estimate of drug-likeness (QED) is 0.588. The minimum atomic E-state index is 0.0952. The van der Waals surface area contributed by atoms with Crippen LogP contribution in [0.4, 0.5) is 0 Å². The maximum Gasteiger partial charge on any atom is 0.231 e. The van der Waals surface area contributed by atoms with E-state index in [2.05, 4.69) is 11.2 Å². The smallest absolute Gasteiger partial charge is 0.231 e. The van der Waals surface area contributed by atoms with Crippen LogP contribution in [-0.2, 0) is 0 Å². The highest BCUT2D eigenvalue weighted by molar-refractivity contribution is 5.45. The molecular formula is C13H16N2O2. The molecule has 0 amide bonds. The number of rotatable bonds is 5. The molecule has 0 saturated carbocycles. The summed E-state index contributed by atoms with van der Waals surface area (Å²) in [7, 11) is 0. The second-order valence-electron chi connectivity index (χ2n) is 3.81. The van der Waals surface area contributed by atoms with Crippen LogP contribution in [0.25, 0.3) is 0 Å². The molecule has 1 atom stereocenters. The van der Waals surface area contributed by atoms with E-state index in [9.17, 15) is 0 Å². The van der Waals surface area contributed by atoms with Crippen molar-refractivity contribution in [2.75, 3.05) is 19.9 Å². The Kier molecular flexibility index (Phi) is 3.86. The molecule has 1 aromatic rings. The van der Waals surface area contributed by atoms with Crippen molar-refractivity contribution >= 4 is 0 Å². The van der Waals surface area contributed by atoms with E-state index in [-0.39, 0.29) is 12.8 Å². The normalized spacial score (nSPS) is 14.4. The molecule has 1 aliphatic rings. The summed E-state index contributed by atoms with van der Waals surface area (Å²) < 4.78 is 10.6.